The largest absolute Gasteiger partial charge is 0.383 e. The highest BCUT2D eigenvalue weighted by atomic mass is 16.6. The first kappa shape index (κ1) is 13.3. The molecule has 7 heteroatoms. The summed E-state index contributed by atoms with van der Waals surface area (Å²) in [6, 6.07) is 0.117. The van der Waals surface area contributed by atoms with Gasteiger partial charge in [0.2, 0.25) is 5.95 Å². The molecule has 1 unspecified atom stereocenters. The number of nitrogens with one attached hydrogen (secondary N) is 1. The van der Waals surface area contributed by atoms with Crippen molar-refractivity contribution in [1.29, 1.82) is 0 Å². The molecular formula is C10H16N4O3. The van der Waals surface area contributed by atoms with Gasteiger partial charge in [0.15, 0.2) is 0 Å². The van der Waals surface area contributed by atoms with E-state index < -0.39 is 4.92 Å². The van der Waals surface area contributed by atoms with Crippen molar-refractivity contribution >= 4 is 11.6 Å². The third kappa shape index (κ3) is 4.31. The molecule has 0 saturated heterocycles. The predicted molar refractivity (Wildman–Crippen MR) is 62.9 cm³/mol. The van der Waals surface area contributed by atoms with Crippen molar-refractivity contribution in [3.8, 4) is 0 Å². The summed E-state index contributed by atoms with van der Waals surface area (Å²) in [5.74, 6) is 0.381. The van der Waals surface area contributed by atoms with Gasteiger partial charge in [-0.25, -0.2) is 9.97 Å². The Bertz CT molecular complexity index is 349. The van der Waals surface area contributed by atoms with Crippen LogP contribution < -0.4 is 5.32 Å². The molecule has 0 aliphatic heterocycles. The van der Waals surface area contributed by atoms with Crippen molar-refractivity contribution in [2.45, 2.75) is 25.8 Å². The second kappa shape index (κ2) is 6.74. The zero-order chi connectivity index (χ0) is 12.7. The van der Waals surface area contributed by atoms with Crippen LogP contribution in [0.2, 0.25) is 0 Å². The van der Waals surface area contributed by atoms with E-state index in [1.165, 1.54) is 12.4 Å². The molecule has 1 aromatic heterocycles. The molecule has 1 aromatic rings. The molecule has 0 aliphatic rings. The van der Waals surface area contributed by atoms with Crippen LogP contribution in [0.25, 0.3) is 0 Å². The predicted octanol–water partition coefficient (Wildman–Crippen LogP) is 1.61. The van der Waals surface area contributed by atoms with E-state index >= 15 is 0 Å². The number of methoxy groups -OCH3 is 1. The molecule has 94 valence electrons. The van der Waals surface area contributed by atoms with Crippen LogP contribution in [0.15, 0.2) is 12.4 Å². The third-order valence-electron chi connectivity index (χ3n) is 2.19. The lowest BCUT2D eigenvalue weighted by atomic mass is 10.2. The van der Waals surface area contributed by atoms with E-state index in [2.05, 4.69) is 22.2 Å². The number of ether oxygens (including phenoxy) is 1. The van der Waals surface area contributed by atoms with Gasteiger partial charge in [-0.05, 0) is 6.42 Å². The zero-order valence-corrected chi connectivity index (χ0v) is 9.92. The van der Waals surface area contributed by atoms with Crippen LogP contribution in [0.3, 0.4) is 0 Å². The van der Waals surface area contributed by atoms with Gasteiger partial charge in [0.05, 0.1) is 17.6 Å². The van der Waals surface area contributed by atoms with Gasteiger partial charge in [0.25, 0.3) is 0 Å². The Labute approximate surface area is 99.4 Å². The standard InChI is InChI=1S/C10H16N4O3/c1-3-4-8(7-17-2)13-10-11-5-9(6-12-10)14(15)16/h5-6,8H,3-4,7H2,1-2H3,(H,11,12,13). The maximum atomic E-state index is 10.4. The second-order valence-electron chi connectivity index (χ2n) is 3.61. The van der Waals surface area contributed by atoms with Crippen molar-refractivity contribution in [2.24, 2.45) is 0 Å². The van der Waals surface area contributed by atoms with Crippen LogP contribution >= 0.6 is 0 Å². The third-order valence-corrected chi connectivity index (χ3v) is 2.19. The monoisotopic (exact) mass is 240 g/mol. The summed E-state index contributed by atoms with van der Waals surface area (Å²) in [7, 11) is 1.63. The summed E-state index contributed by atoms with van der Waals surface area (Å²) in [6.45, 7) is 2.62. The van der Waals surface area contributed by atoms with E-state index in [0.717, 1.165) is 12.8 Å². The molecule has 0 amide bonds. The van der Waals surface area contributed by atoms with Gasteiger partial charge in [-0.15, -0.1) is 0 Å². The Balaban J connectivity index is 2.62. The molecule has 1 rings (SSSR count). The summed E-state index contributed by atoms with van der Waals surface area (Å²) in [6.07, 6.45) is 4.30. The molecule has 0 aliphatic carbocycles. The molecule has 0 saturated carbocycles. The van der Waals surface area contributed by atoms with Gasteiger partial charge in [-0.1, -0.05) is 13.3 Å². The topological polar surface area (TPSA) is 90.2 Å². The molecule has 0 radical (unpaired) electrons. The Morgan fingerprint density at radius 3 is 2.65 bits per heavy atom. The van der Waals surface area contributed by atoms with Crippen molar-refractivity contribution in [3.05, 3.63) is 22.5 Å². The molecule has 0 fully saturated rings. The number of aromatic nitrogens is 2. The molecule has 1 heterocycles. The highest BCUT2D eigenvalue weighted by Crippen LogP contribution is 2.10. The van der Waals surface area contributed by atoms with Crippen molar-refractivity contribution < 1.29 is 9.66 Å². The molecule has 0 bridgehead atoms. The van der Waals surface area contributed by atoms with Crippen LogP contribution in [0.5, 0.6) is 0 Å². The summed E-state index contributed by atoms with van der Waals surface area (Å²) < 4.78 is 5.06. The molecule has 7 nitrogen and oxygen atoms in total. The van der Waals surface area contributed by atoms with E-state index in [1.54, 1.807) is 7.11 Å². The van der Waals surface area contributed by atoms with Crippen molar-refractivity contribution in [3.63, 3.8) is 0 Å². The molecule has 1 N–H and O–H groups in total. The van der Waals surface area contributed by atoms with Crippen LogP contribution in [-0.2, 0) is 4.74 Å². The van der Waals surface area contributed by atoms with Crippen molar-refractivity contribution in [2.75, 3.05) is 19.0 Å². The number of hydrogen-bond acceptors (Lipinski definition) is 6. The van der Waals surface area contributed by atoms with E-state index in [1.807, 2.05) is 0 Å². The molecular weight excluding hydrogens is 224 g/mol. The number of hydrogen-bond donors (Lipinski definition) is 1. The molecule has 17 heavy (non-hydrogen) atoms. The Morgan fingerprint density at radius 1 is 1.53 bits per heavy atom. The minimum atomic E-state index is -0.525. The SMILES string of the molecule is CCCC(COC)Nc1ncc([N+](=O)[O-])cn1. The van der Waals surface area contributed by atoms with E-state index in [4.69, 9.17) is 4.74 Å². The first-order valence-electron chi connectivity index (χ1n) is 5.39. The Hall–Kier alpha value is -1.76. The zero-order valence-electron chi connectivity index (χ0n) is 9.92. The highest BCUT2D eigenvalue weighted by molar-refractivity contribution is 5.31. The fourth-order valence-corrected chi connectivity index (χ4v) is 1.42. The summed E-state index contributed by atoms with van der Waals surface area (Å²) in [5, 5.41) is 13.5. The van der Waals surface area contributed by atoms with Gasteiger partial charge in [0.1, 0.15) is 12.4 Å². The number of nitrogens with zero attached hydrogens (tertiary/aromatic N) is 3. The van der Waals surface area contributed by atoms with E-state index in [-0.39, 0.29) is 11.7 Å². The van der Waals surface area contributed by atoms with Crippen LogP contribution in [0, 0.1) is 10.1 Å². The minimum absolute atomic E-state index is 0.116. The highest BCUT2D eigenvalue weighted by Gasteiger charge is 2.11. The van der Waals surface area contributed by atoms with Crippen LogP contribution in [0.4, 0.5) is 11.6 Å². The van der Waals surface area contributed by atoms with Gasteiger partial charge in [-0.2, -0.15) is 0 Å². The number of nitro groups is 1. The summed E-state index contributed by atoms with van der Waals surface area (Å²) in [5.41, 5.74) is -0.116. The second-order valence-corrected chi connectivity index (χ2v) is 3.61. The average molecular weight is 240 g/mol. The van der Waals surface area contributed by atoms with Crippen molar-refractivity contribution in [1.82, 2.24) is 9.97 Å². The molecule has 0 aromatic carbocycles. The number of rotatable bonds is 7. The molecule has 1 atom stereocenters. The van der Waals surface area contributed by atoms with Crippen LogP contribution in [0.1, 0.15) is 19.8 Å². The van der Waals surface area contributed by atoms with Crippen LogP contribution in [-0.4, -0.2) is 34.6 Å². The Kier molecular flexibility index (Phi) is 5.28. The lowest BCUT2D eigenvalue weighted by Gasteiger charge is -2.16. The van der Waals surface area contributed by atoms with Gasteiger partial charge < -0.3 is 10.1 Å². The lowest BCUT2D eigenvalue weighted by molar-refractivity contribution is -0.385. The normalized spacial score (nSPS) is 12.1. The minimum Gasteiger partial charge on any atom is -0.383 e. The van der Waals surface area contributed by atoms with E-state index in [9.17, 15) is 10.1 Å². The quantitative estimate of drug-likeness (QED) is 0.575. The molecule has 0 spiro atoms. The van der Waals surface area contributed by atoms with E-state index in [0.29, 0.717) is 12.6 Å². The van der Waals surface area contributed by atoms with Gasteiger partial charge in [0, 0.05) is 7.11 Å². The average Bonchev–Trinajstić information content (AvgIpc) is 2.30. The fraction of sp³-hybridized carbons (Fsp3) is 0.600. The first-order chi connectivity index (χ1) is 8.17. The van der Waals surface area contributed by atoms with Gasteiger partial charge >= 0.3 is 5.69 Å². The number of anilines is 1. The maximum Gasteiger partial charge on any atom is 0.305 e. The fourth-order valence-electron chi connectivity index (χ4n) is 1.42. The Morgan fingerprint density at radius 2 is 2.18 bits per heavy atom. The summed E-state index contributed by atoms with van der Waals surface area (Å²) in [4.78, 5) is 17.7. The first-order valence-corrected chi connectivity index (χ1v) is 5.39. The smallest absolute Gasteiger partial charge is 0.305 e. The summed E-state index contributed by atoms with van der Waals surface area (Å²) >= 11 is 0. The maximum absolute atomic E-state index is 10.4. The lowest BCUT2D eigenvalue weighted by Crippen LogP contribution is -2.25. The van der Waals surface area contributed by atoms with Gasteiger partial charge in [-0.3, -0.25) is 10.1 Å².